The first kappa shape index (κ1) is 30.7. The second-order valence-corrected chi connectivity index (χ2v) is 9.98. The second kappa shape index (κ2) is 14.4. The first-order valence-corrected chi connectivity index (χ1v) is 13.6. The van der Waals surface area contributed by atoms with Gasteiger partial charge in [0.2, 0.25) is 0 Å². The zero-order chi connectivity index (χ0) is 28.3. The highest BCUT2D eigenvalue weighted by Crippen LogP contribution is 2.33. The Balaban J connectivity index is 0.00000161. The molecule has 0 aliphatic rings. The van der Waals surface area contributed by atoms with Gasteiger partial charge in [0, 0.05) is 13.2 Å². The summed E-state index contributed by atoms with van der Waals surface area (Å²) < 4.78 is 39.8. The number of aliphatic hydroxyl groups is 1. The molecule has 0 aliphatic heterocycles. The Morgan fingerprint density at radius 3 is 1.71 bits per heavy atom. The van der Waals surface area contributed by atoms with Crippen LogP contribution in [0.3, 0.4) is 0 Å². The lowest BCUT2D eigenvalue weighted by Gasteiger charge is -2.18. The SMILES string of the molecule is CCO.CNCC(OS(C)(=O)=O)c1ccc(OC(=O)c2ccc(C)cc2)c(OC(=O)c2ccc(C)cc2)c1. The van der Waals surface area contributed by atoms with Crippen LogP contribution in [0, 0.1) is 13.8 Å². The summed E-state index contributed by atoms with van der Waals surface area (Å²) in [5, 5.41) is 10.4. The third kappa shape index (κ3) is 9.71. The van der Waals surface area contributed by atoms with Crippen molar-refractivity contribution < 1.29 is 36.8 Å². The predicted molar refractivity (Wildman–Crippen MR) is 144 cm³/mol. The number of carbonyl (C=O) groups is 2. The number of rotatable bonds is 9. The molecule has 0 heterocycles. The summed E-state index contributed by atoms with van der Waals surface area (Å²) in [4.78, 5) is 25.5. The average molecular weight is 544 g/mol. The summed E-state index contributed by atoms with van der Waals surface area (Å²) in [6.45, 7) is 5.89. The van der Waals surface area contributed by atoms with Gasteiger partial charge in [-0.3, -0.25) is 4.18 Å². The molecule has 0 amide bonds. The third-order valence-electron chi connectivity index (χ3n) is 5.00. The molecule has 0 saturated heterocycles. The maximum atomic E-state index is 12.8. The minimum Gasteiger partial charge on any atom is -0.419 e. The molecule has 0 radical (unpaired) electrons. The predicted octanol–water partition coefficient (Wildman–Crippen LogP) is 3.98. The molecule has 38 heavy (non-hydrogen) atoms. The number of aliphatic hydroxyl groups excluding tert-OH is 1. The topological polar surface area (TPSA) is 128 Å². The smallest absolute Gasteiger partial charge is 0.343 e. The molecule has 0 saturated carbocycles. The zero-order valence-electron chi connectivity index (χ0n) is 22.1. The zero-order valence-corrected chi connectivity index (χ0v) is 22.9. The largest absolute Gasteiger partial charge is 0.419 e. The molecule has 2 N–H and O–H groups in total. The van der Waals surface area contributed by atoms with Gasteiger partial charge < -0.3 is 19.9 Å². The van der Waals surface area contributed by atoms with E-state index in [1.165, 1.54) is 12.1 Å². The molecule has 9 nitrogen and oxygen atoms in total. The van der Waals surface area contributed by atoms with Crippen molar-refractivity contribution in [2.24, 2.45) is 0 Å². The van der Waals surface area contributed by atoms with Crippen molar-refractivity contribution in [3.05, 3.63) is 94.5 Å². The van der Waals surface area contributed by atoms with Gasteiger partial charge in [0.25, 0.3) is 10.1 Å². The van der Waals surface area contributed by atoms with Crippen molar-refractivity contribution in [2.75, 3.05) is 26.5 Å². The summed E-state index contributed by atoms with van der Waals surface area (Å²) in [6, 6.07) is 18.0. The van der Waals surface area contributed by atoms with Crippen LogP contribution in [0.15, 0.2) is 66.7 Å². The molecule has 0 aliphatic carbocycles. The summed E-state index contributed by atoms with van der Waals surface area (Å²) >= 11 is 0. The Kier molecular flexibility index (Phi) is 11.6. The maximum Gasteiger partial charge on any atom is 0.343 e. The van der Waals surface area contributed by atoms with Crippen LogP contribution in [0.4, 0.5) is 0 Å². The van der Waals surface area contributed by atoms with E-state index in [0.717, 1.165) is 17.4 Å². The quantitative estimate of drug-likeness (QED) is 0.234. The molecule has 1 atom stereocenters. The second-order valence-electron chi connectivity index (χ2n) is 8.38. The lowest BCUT2D eigenvalue weighted by molar-refractivity contribution is 0.0682. The molecular formula is C28H33NO8S. The number of esters is 2. The molecule has 3 aromatic rings. The van der Waals surface area contributed by atoms with E-state index >= 15 is 0 Å². The van der Waals surface area contributed by atoms with Gasteiger partial charge in [-0.1, -0.05) is 41.5 Å². The Morgan fingerprint density at radius 1 is 0.842 bits per heavy atom. The average Bonchev–Trinajstić information content (AvgIpc) is 2.85. The van der Waals surface area contributed by atoms with Crippen molar-refractivity contribution in [2.45, 2.75) is 26.9 Å². The van der Waals surface area contributed by atoms with Crippen LogP contribution in [0.2, 0.25) is 0 Å². The van der Waals surface area contributed by atoms with Gasteiger partial charge in [0.1, 0.15) is 6.10 Å². The van der Waals surface area contributed by atoms with E-state index in [-0.39, 0.29) is 24.7 Å². The van der Waals surface area contributed by atoms with E-state index < -0.39 is 28.2 Å². The highest BCUT2D eigenvalue weighted by Gasteiger charge is 2.22. The molecule has 0 bridgehead atoms. The minimum atomic E-state index is -3.78. The molecule has 1 unspecified atom stereocenters. The van der Waals surface area contributed by atoms with Gasteiger partial charge in [-0.25, -0.2) is 9.59 Å². The van der Waals surface area contributed by atoms with Gasteiger partial charge in [0.05, 0.1) is 17.4 Å². The normalized spacial score (nSPS) is 11.6. The Morgan fingerprint density at radius 2 is 1.29 bits per heavy atom. The van der Waals surface area contributed by atoms with Crippen molar-refractivity contribution in [1.29, 1.82) is 0 Å². The van der Waals surface area contributed by atoms with Gasteiger partial charge in [-0.05, 0) is 69.8 Å². The summed E-state index contributed by atoms with van der Waals surface area (Å²) in [5.41, 5.74) is 3.00. The monoisotopic (exact) mass is 543 g/mol. The number of benzene rings is 3. The van der Waals surface area contributed by atoms with E-state index in [1.807, 2.05) is 13.8 Å². The Labute approximate surface area is 223 Å². The van der Waals surface area contributed by atoms with E-state index in [2.05, 4.69) is 5.32 Å². The molecule has 3 aromatic carbocycles. The van der Waals surface area contributed by atoms with Crippen LogP contribution in [-0.2, 0) is 14.3 Å². The number of carbonyl (C=O) groups excluding carboxylic acids is 2. The van der Waals surface area contributed by atoms with Crippen LogP contribution in [0.1, 0.15) is 50.4 Å². The number of hydrogen-bond donors (Lipinski definition) is 2. The van der Waals surface area contributed by atoms with E-state index in [4.69, 9.17) is 18.8 Å². The fourth-order valence-electron chi connectivity index (χ4n) is 3.19. The third-order valence-corrected chi connectivity index (χ3v) is 5.58. The molecule has 204 valence electrons. The highest BCUT2D eigenvalue weighted by atomic mass is 32.2. The number of ether oxygens (including phenoxy) is 2. The van der Waals surface area contributed by atoms with Crippen LogP contribution < -0.4 is 14.8 Å². The molecule has 0 fully saturated rings. The first-order chi connectivity index (χ1) is 18.0. The summed E-state index contributed by atoms with van der Waals surface area (Å²) in [5.74, 6) is -1.34. The fraction of sp³-hybridized carbons (Fsp3) is 0.286. The highest BCUT2D eigenvalue weighted by molar-refractivity contribution is 7.86. The Hall–Kier alpha value is -3.57. The molecule has 3 rings (SSSR count). The van der Waals surface area contributed by atoms with Crippen LogP contribution in [0.25, 0.3) is 0 Å². The van der Waals surface area contributed by atoms with Crippen molar-refractivity contribution in [3.8, 4) is 11.5 Å². The summed E-state index contributed by atoms with van der Waals surface area (Å²) in [6.07, 6.45) is 0.0554. The van der Waals surface area contributed by atoms with Gasteiger partial charge >= 0.3 is 11.9 Å². The van der Waals surface area contributed by atoms with E-state index in [0.29, 0.717) is 16.7 Å². The Bertz CT molecular complexity index is 1320. The lowest BCUT2D eigenvalue weighted by Crippen LogP contribution is -2.22. The molecule has 0 spiro atoms. The summed E-state index contributed by atoms with van der Waals surface area (Å²) in [7, 11) is -2.13. The van der Waals surface area contributed by atoms with Gasteiger partial charge in [-0.2, -0.15) is 8.42 Å². The standard InChI is InChI=1S/C26H27NO7S.C2H6O/c1-17-5-9-19(10-6-17)25(28)32-22-14-13-21(24(16-27-3)34-35(4,30)31)15-23(22)33-26(29)20-11-7-18(2)8-12-20;1-2-3/h5-15,24,27H,16H2,1-4H3;3H,2H2,1H3. The number of aryl methyl sites for hydroxylation is 2. The maximum absolute atomic E-state index is 12.8. The number of nitrogens with one attached hydrogen (secondary N) is 1. The first-order valence-electron chi connectivity index (χ1n) is 11.8. The molecule has 10 heteroatoms. The van der Waals surface area contributed by atoms with Crippen molar-refractivity contribution in [1.82, 2.24) is 5.32 Å². The van der Waals surface area contributed by atoms with Gasteiger partial charge in [-0.15, -0.1) is 0 Å². The lowest BCUT2D eigenvalue weighted by atomic mass is 10.1. The molecular weight excluding hydrogens is 510 g/mol. The van der Waals surface area contributed by atoms with Crippen LogP contribution in [-0.4, -0.2) is 51.9 Å². The minimum absolute atomic E-state index is 0.00218. The molecule has 0 aromatic heterocycles. The van der Waals surface area contributed by atoms with Crippen LogP contribution >= 0.6 is 0 Å². The van der Waals surface area contributed by atoms with E-state index in [1.54, 1.807) is 68.6 Å². The van der Waals surface area contributed by atoms with Gasteiger partial charge in [0.15, 0.2) is 11.5 Å². The number of hydrogen-bond acceptors (Lipinski definition) is 9. The van der Waals surface area contributed by atoms with E-state index in [9.17, 15) is 18.0 Å². The fourth-order valence-corrected chi connectivity index (χ4v) is 3.79. The van der Waals surface area contributed by atoms with Crippen LogP contribution in [0.5, 0.6) is 11.5 Å². The van der Waals surface area contributed by atoms with Crippen molar-refractivity contribution >= 4 is 22.1 Å². The van der Waals surface area contributed by atoms with Crippen molar-refractivity contribution in [3.63, 3.8) is 0 Å². The number of likely N-dealkylation sites (N-methyl/N-ethyl adjacent to an activating group) is 1.